The van der Waals surface area contributed by atoms with Gasteiger partial charge in [-0.3, -0.25) is 4.79 Å². The summed E-state index contributed by atoms with van der Waals surface area (Å²) in [6.45, 7) is 8.85. The molecule has 194 valence electrons. The lowest BCUT2D eigenvalue weighted by Crippen LogP contribution is -2.42. The molecule has 4 rings (SSSR count). The number of carbonyl (C=O) groups is 2. The molecule has 0 aliphatic carbocycles. The molecule has 2 amide bonds. The molecule has 0 bridgehead atoms. The molecular formula is C26H29Cl2F2N3O3. The molecule has 2 aromatic rings. The summed E-state index contributed by atoms with van der Waals surface area (Å²) < 4.78 is 36.2. The summed E-state index contributed by atoms with van der Waals surface area (Å²) in [5, 5.41) is 3.41. The summed E-state index contributed by atoms with van der Waals surface area (Å²) in [5.74, 6) is -1.41. The van der Waals surface area contributed by atoms with E-state index in [1.807, 2.05) is 0 Å². The van der Waals surface area contributed by atoms with Gasteiger partial charge in [0.05, 0.1) is 33.2 Å². The van der Waals surface area contributed by atoms with Crippen molar-refractivity contribution in [2.45, 2.75) is 57.6 Å². The fraction of sp³-hybridized carbons (Fsp3) is 0.462. The minimum Gasteiger partial charge on any atom is -0.444 e. The Labute approximate surface area is 219 Å². The van der Waals surface area contributed by atoms with E-state index >= 15 is 8.78 Å². The van der Waals surface area contributed by atoms with E-state index in [0.29, 0.717) is 16.9 Å². The molecule has 1 saturated heterocycles. The van der Waals surface area contributed by atoms with Crippen molar-refractivity contribution < 1.29 is 23.1 Å². The number of halogens is 4. The lowest BCUT2D eigenvalue weighted by molar-refractivity contribution is -0.121. The van der Waals surface area contributed by atoms with Crippen LogP contribution in [0.2, 0.25) is 10.0 Å². The third-order valence-corrected chi connectivity index (χ3v) is 7.53. The number of benzene rings is 2. The van der Waals surface area contributed by atoms with E-state index in [-0.39, 0.29) is 41.0 Å². The molecule has 1 unspecified atom stereocenters. The maximum absolute atomic E-state index is 15.4. The summed E-state index contributed by atoms with van der Waals surface area (Å²) in [6.07, 6.45) is -0.306. The molecule has 1 fully saturated rings. The van der Waals surface area contributed by atoms with Gasteiger partial charge >= 0.3 is 6.09 Å². The molecule has 2 aromatic carbocycles. The average molecular weight is 540 g/mol. The van der Waals surface area contributed by atoms with Gasteiger partial charge < -0.3 is 19.9 Å². The van der Waals surface area contributed by atoms with Crippen molar-refractivity contribution in [3.05, 3.63) is 57.1 Å². The van der Waals surface area contributed by atoms with Crippen LogP contribution < -0.4 is 10.2 Å². The van der Waals surface area contributed by atoms with E-state index < -0.39 is 34.3 Å². The summed E-state index contributed by atoms with van der Waals surface area (Å²) in [7, 11) is 1.59. The number of likely N-dealkylation sites (tertiary alicyclic amines) is 1. The minimum atomic E-state index is -1.24. The predicted octanol–water partition coefficient (Wildman–Crippen LogP) is 6.47. The van der Waals surface area contributed by atoms with Gasteiger partial charge in [-0.15, -0.1) is 0 Å². The highest BCUT2D eigenvalue weighted by Gasteiger charge is 2.48. The van der Waals surface area contributed by atoms with Crippen LogP contribution in [0.15, 0.2) is 24.3 Å². The zero-order chi connectivity index (χ0) is 26.8. The van der Waals surface area contributed by atoms with Gasteiger partial charge in [0.1, 0.15) is 17.2 Å². The van der Waals surface area contributed by atoms with Crippen LogP contribution in [-0.2, 0) is 20.5 Å². The van der Waals surface area contributed by atoms with Gasteiger partial charge in [-0.05, 0) is 65.3 Å². The molecular weight excluding hydrogens is 511 g/mol. The first-order valence-corrected chi connectivity index (χ1v) is 12.4. The molecule has 2 aliphatic rings. The molecule has 36 heavy (non-hydrogen) atoms. The predicted molar refractivity (Wildman–Crippen MR) is 137 cm³/mol. The molecule has 0 radical (unpaired) electrons. The summed E-state index contributed by atoms with van der Waals surface area (Å²) >= 11 is 12.7. The second-order valence-electron chi connectivity index (χ2n) is 10.9. The van der Waals surface area contributed by atoms with Gasteiger partial charge in [-0.2, -0.15) is 0 Å². The number of amides is 2. The van der Waals surface area contributed by atoms with Gasteiger partial charge in [0.15, 0.2) is 0 Å². The molecule has 2 aliphatic heterocycles. The van der Waals surface area contributed by atoms with Crippen LogP contribution in [0.3, 0.4) is 0 Å². The smallest absolute Gasteiger partial charge is 0.410 e. The number of fused-ring (bicyclic) bond motifs is 1. The minimum absolute atomic E-state index is 0.00212. The Morgan fingerprint density at radius 1 is 1.11 bits per heavy atom. The van der Waals surface area contributed by atoms with Crippen molar-refractivity contribution >= 4 is 46.6 Å². The fourth-order valence-corrected chi connectivity index (χ4v) is 5.58. The molecule has 1 atom stereocenters. The van der Waals surface area contributed by atoms with Gasteiger partial charge in [-0.25, -0.2) is 13.6 Å². The van der Waals surface area contributed by atoms with E-state index in [4.69, 9.17) is 27.9 Å². The number of hydrogen-bond acceptors (Lipinski definition) is 4. The van der Waals surface area contributed by atoms with Crippen LogP contribution in [-0.4, -0.2) is 42.6 Å². The Morgan fingerprint density at radius 3 is 2.42 bits per heavy atom. The quantitative estimate of drug-likeness (QED) is 0.453. The molecule has 0 spiro atoms. The number of nitrogens with one attached hydrogen (secondary N) is 1. The first kappa shape index (κ1) is 26.5. The van der Waals surface area contributed by atoms with E-state index in [9.17, 15) is 9.59 Å². The van der Waals surface area contributed by atoms with Crippen molar-refractivity contribution in [2.75, 3.05) is 30.4 Å². The second kappa shape index (κ2) is 8.77. The largest absolute Gasteiger partial charge is 0.444 e. The van der Waals surface area contributed by atoms with E-state index in [0.717, 1.165) is 0 Å². The third-order valence-electron chi connectivity index (χ3n) is 6.72. The average Bonchev–Trinajstić information content (AvgIpc) is 3.24. The highest BCUT2D eigenvalue weighted by molar-refractivity contribution is 6.42. The molecule has 2 heterocycles. The van der Waals surface area contributed by atoms with Crippen molar-refractivity contribution in [3.8, 4) is 0 Å². The van der Waals surface area contributed by atoms with Crippen LogP contribution in [0.5, 0.6) is 0 Å². The van der Waals surface area contributed by atoms with E-state index in [1.165, 1.54) is 28.0 Å². The van der Waals surface area contributed by atoms with Gasteiger partial charge in [0.25, 0.3) is 0 Å². The first-order valence-electron chi connectivity index (χ1n) is 11.6. The molecule has 1 N–H and O–H groups in total. The molecule has 10 heteroatoms. The Balaban J connectivity index is 1.80. The fourth-order valence-electron chi connectivity index (χ4n) is 5.09. The monoisotopic (exact) mass is 539 g/mol. The topological polar surface area (TPSA) is 61.9 Å². The number of rotatable bonds is 3. The van der Waals surface area contributed by atoms with Crippen LogP contribution in [0.4, 0.5) is 25.0 Å². The number of ether oxygens (including phenoxy) is 1. The molecule has 6 nitrogen and oxygen atoms in total. The SMILES string of the molecule is CN1C(=O)C(C)(C)c2c(F)cc(NC3(c4c(F)ccc(Cl)c4Cl)CCN(C(=O)OC(C)(C)C)C3)cc21. The number of hydrogen-bond donors (Lipinski definition) is 1. The summed E-state index contributed by atoms with van der Waals surface area (Å²) in [6, 6.07) is 5.50. The van der Waals surface area contributed by atoms with Gasteiger partial charge in [0, 0.05) is 30.4 Å². The lowest BCUT2D eigenvalue weighted by atomic mass is 9.85. The highest BCUT2D eigenvalue weighted by atomic mass is 35.5. The Morgan fingerprint density at radius 2 is 1.78 bits per heavy atom. The summed E-state index contributed by atoms with van der Waals surface area (Å²) in [4.78, 5) is 28.4. The zero-order valence-corrected chi connectivity index (χ0v) is 22.6. The number of carbonyl (C=O) groups excluding carboxylic acids is 2. The van der Waals surface area contributed by atoms with Crippen LogP contribution in [0, 0.1) is 11.6 Å². The standard InChI is InChI=1S/C26H29Cl2F2N3O3/c1-24(2,3)36-23(35)33-10-9-26(13-33,20-16(29)8-7-15(27)21(20)28)31-14-11-17(30)19-18(12-14)32(6)22(34)25(19,4)5/h7-8,11-12,31H,9-10,13H2,1-6H3. The van der Waals surface area contributed by atoms with Crippen molar-refractivity contribution in [1.29, 1.82) is 0 Å². The number of likely N-dealkylation sites (N-methyl/N-ethyl adjacent to an activating group) is 1. The Bertz CT molecular complexity index is 1260. The van der Waals surface area contributed by atoms with Crippen molar-refractivity contribution in [1.82, 2.24) is 4.90 Å². The maximum atomic E-state index is 15.4. The highest BCUT2D eigenvalue weighted by Crippen LogP contribution is 2.47. The van der Waals surface area contributed by atoms with Gasteiger partial charge in [-0.1, -0.05) is 23.2 Å². The maximum Gasteiger partial charge on any atom is 0.410 e. The second-order valence-corrected chi connectivity index (χ2v) is 11.7. The van der Waals surface area contributed by atoms with Gasteiger partial charge in [0.2, 0.25) is 5.91 Å². The number of anilines is 2. The van der Waals surface area contributed by atoms with Crippen LogP contribution in [0.1, 0.15) is 52.2 Å². The summed E-state index contributed by atoms with van der Waals surface area (Å²) in [5.41, 5.74) is -1.88. The zero-order valence-electron chi connectivity index (χ0n) is 21.1. The van der Waals surface area contributed by atoms with E-state index in [2.05, 4.69) is 5.32 Å². The molecule has 0 saturated carbocycles. The Kier molecular flexibility index (Phi) is 6.45. The lowest BCUT2D eigenvalue weighted by Gasteiger charge is -2.34. The van der Waals surface area contributed by atoms with Crippen molar-refractivity contribution in [3.63, 3.8) is 0 Å². The first-order chi connectivity index (χ1) is 16.6. The third kappa shape index (κ3) is 4.39. The van der Waals surface area contributed by atoms with Crippen LogP contribution in [0.25, 0.3) is 0 Å². The normalized spacial score (nSPS) is 21.1. The van der Waals surface area contributed by atoms with Crippen molar-refractivity contribution in [2.24, 2.45) is 0 Å². The van der Waals surface area contributed by atoms with E-state index in [1.54, 1.807) is 47.7 Å². The molecule has 0 aromatic heterocycles. The number of nitrogens with zero attached hydrogens (tertiary/aromatic N) is 2. The Hall–Kier alpha value is -2.58. The van der Waals surface area contributed by atoms with Crippen LogP contribution >= 0.6 is 23.2 Å².